The first kappa shape index (κ1) is 13.5. The van der Waals surface area contributed by atoms with E-state index in [0.717, 1.165) is 4.68 Å². The molecule has 1 heterocycles. The SMILES string of the molecule is CNc1cccc(-n2cnc(C(=O)OC)n2)c1[N+](=O)[O-]. The van der Waals surface area contributed by atoms with Crippen LogP contribution in [0.4, 0.5) is 11.4 Å². The van der Waals surface area contributed by atoms with Crippen LogP contribution in [0.25, 0.3) is 5.69 Å². The molecule has 0 aliphatic heterocycles. The zero-order valence-corrected chi connectivity index (χ0v) is 10.7. The average molecular weight is 277 g/mol. The van der Waals surface area contributed by atoms with Crippen molar-refractivity contribution in [1.82, 2.24) is 14.8 Å². The topological polar surface area (TPSA) is 112 Å². The number of aromatic nitrogens is 3. The van der Waals surface area contributed by atoms with Crippen LogP contribution < -0.4 is 5.32 Å². The summed E-state index contributed by atoms with van der Waals surface area (Å²) in [6.07, 6.45) is 1.22. The smallest absolute Gasteiger partial charge is 0.377 e. The molecule has 1 N–H and O–H groups in total. The number of methoxy groups -OCH3 is 1. The largest absolute Gasteiger partial charge is 0.463 e. The van der Waals surface area contributed by atoms with E-state index in [1.54, 1.807) is 19.2 Å². The van der Waals surface area contributed by atoms with Crippen molar-refractivity contribution in [2.24, 2.45) is 0 Å². The van der Waals surface area contributed by atoms with Gasteiger partial charge in [-0.25, -0.2) is 14.5 Å². The third kappa shape index (κ3) is 2.28. The van der Waals surface area contributed by atoms with Gasteiger partial charge in [-0.3, -0.25) is 10.1 Å². The molecule has 2 aromatic rings. The highest BCUT2D eigenvalue weighted by molar-refractivity contribution is 5.84. The summed E-state index contributed by atoms with van der Waals surface area (Å²) in [5, 5.41) is 17.8. The number of ether oxygens (including phenoxy) is 1. The first-order chi connectivity index (χ1) is 9.58. The lowest BCUT2D eigenvalue weighted by atomic mass is 10.2. The fraction of sp³-hybridized carbons (Fsp3) is 0.182. The molecule has 20 heavy (non-hydrogen) atoms. The summed E-state index contributed by atoms with van der Waals surface area (Å²) in [5.41, 5.74) is 0.378. The number of anilines is 1. The summed E-state index contributed by atoms with van der Waals surface area (Å²) in [4.78, 5) is 25.7. The number of rotatable bonds is 4. The number of carbonyl (C=O) groups is 1. The Morgan fingerprint density at radius 1 is 1.50 bits per heavy atom. The van der Waals surface area contributed by atoms with Gasteiger partial charge in [0.1, 0.15) is 17.7 Å². The van der Waals surface area contributed by atoms with E-state index in [0.29, 0.717) is 5.69 Å². The van der Waals surface area contributed by atoms with E-state index in [-0.39, 0.29) is 17.2 Å². The fourth-order valence-corrected chi connectivity index (χ4v) is 1.67. The second-order valence-corrected chi connectivity index (χ2v) is 3.68. The molecule has 0 fully saturated rings. The lowest BCUT2D eigenvalue weighted by Crippen LogP contribution is -2.07. The number of esters is 1. The number of para-hydroxylation sites is 1. The molecular weight excluding hydrogens is 266 g/mol. The summed E-state index contributed by atoms with van der Waals surface area (Å²) in [6, 6.07) is 4.71. The number of nitro groups is 1. The maximum atomic E-state index is 11.3. The predicted molar refractivity (Wildman–Crippen MR) is 68.9 cm³/mol. The third-order valence-corrected chi connectivity index (χ3v) is 2.57. The Labute approximate surface area is 113 Å². The van der Waals surface area contributed by atoms with Crippen LogP contribution in [0.5, 0.6) is 0 Å². The van der Waals surface area contributed by atoms with E-state index in [1.165, 1.54) is 19.5 Å². The second kappa shape index (κ2) is 5.34. The van der Waals surface area contributed by atoms with Crippen LogP contribution >= 0.6 is 0 Å². The molecule has 0 saturated heterocycles. The minimum absolute atomic E-state index is 0.156. The Kier molecular flexibility index (Phi) is 3.60. The highest BCUT2D eigenvalue weighted by Crippen LogP contribution is 2.30. The molecule has 0 saturated carbocycles. The Hall–Kier alpha value is -2.97. The van der Waals surface area contributed by atoms with Crippen molar-refractivity contribution >= 4 is 17.3 Å². The van der Waals surface area contributed by atoms with Gasteiger partial charge in [-0.2, -0.15) is 0 Å². The van der Waals surface area contributed by atoms with Gasteiger partial charge >= 0.3 is 11.7 Å². The molecule has 1 aromatic carbocycles. The van der Waals surface area contributed by atoms with Gasteiger partial charge in [-0.15, -0.1) is 5.10 Å². The van der Waals surface area contributed by atoms with Crippen LogP contribution in [0.1, 0.15) is 10.6 Å². The van der Waals surface area contributed by atoms with E-state index >= 15 is 0 Å². The van der Waals surface area contributed by atoms with Crippen molar-refractivity contribution in [3.05, 3.63) is 40.5 Å². The molecule has 2 rings (SSSR count). The van der Waals surface area contributed by atoms with Crippen molar-refractivity contribution < 1.29 is 14.5 Å². The van der Waals surface area contributed by atoms with Crippen molar-refractivity contribution in [2.75, 3.05) is 19.5 Å². The summed E-state index contributed by atoms with van der Waals surface area (Å²) in [7, 11) is 2.78. The molecule has 0 atom stereocenters. The molecule has 0 amide bonds. The number of nitro benzene ring substituents is 1. The number of nitrogens with one attached hydrogen (secondary N) is 1. The van der Waals surface area contributed by atoms with Gasteiger partial charge in [0.15, 0.2) is 0 Å². The predicted octanol–water partition coefficient (Wildman–Crippen LogP) is 1.00. The molecule has 0 radical (unpaired) electrons. The van der Waals surface area contributed by atoms with E-state index in [2.05, 4.69) is 20.1 Å². The molecule has 0 aliphatic rings. The van der Waals surface area contributed by atoms with Crippen molar-refractivity contribution in [2.45, 2.75) is 0 Å². The third-order valence-electron chi connectivity index (χ3n) is 2.57. The van der Waals surface area contributed by atoms with Gasteiger partial charge in [0.05, 0.1) is 12.0 Å². The lowest BCUT2D eigenvalue weighted by molar-refractivity contribution is -0.383. The Bertz CT molecular complexity index is 667. The van der Waals surface area contributed by atoms with E-state index in [9.17, 15) is 14.9 Å². The van der Waals surface area contributed by atoms with Crippen LogP contribution in [-0.2, 0) is 4.74 Å². The fourth-order valence-electron chi connectivity index (χ4n) is 1.67. The number of benzene rings is 1. The van der Waals surface area contributed by atoms with E-state index < -0.39 is 10.9 Å². The molecule has 0 bridgehead atoms. The maximum Gasteiger partial charge on any atom is 0.377 e. The summed E-state index contributed by atoms with van der Waals surface area (Å²) < 4.78 is 5.64. The van der Waals surface area contributed by atoms with Gasteiger partial charge in [0.25, 0.3) is 5.82 Å². The van der Waals surface area contributed by atoms with Crippen molar-refractivity contribution in [1.29, 1.82) is 0 Å². The van der Waals surface area contributed by atoms with Gasteiger partial charge < -0.3 is 10.1 Å². The van der Waals surface area contributed by atoms with Crippen LogP contribution in [0.3, 0.4) is 0 Å². The van der Waals surface area contributed by atoms with Crippen LogP contribution in [0, 0.1) is 10.1 Å². The molecule has 104 valence electrons. The Morgan fingerprint density at radius 2 is 2.25 bits per heavy atom. The van der Waals surface area contributed by atoms with E-state index in [1.807, 2.05) is 0 Å². The zero-order chi connectivity index (χ0) is 14.7. The van der Waals surface area contributed by atoms with Crippen molar-refractivity contribution in [3.63, 3.8) is 0 Å². The van der Waals surface area contributed by atoms with Crippen LogP contribution in [-0.4, -0.2) is 39.8 Å². The lowest BCUT2D eigenvalue weighted by Gasteiger charge is -2.06. The van der Waals surface area contributed by atoms with Gasteiger partial charge in [0, 0.05) is 7.05 Å². The molecule has 0 unspecified atom stereocenters. The standard InChI is InChI=1S/C11H11N5O4/c1-12-7-4-3-5-8(9(7)16(18)19)15-6-13-10(14-15)11(17)20-2/h3-6,12H,1-2H3. The molecule has 1 aromatic heterocycles. The molecule has 0 aliphatic carbocycles. The van der Waals surface area contributed by atoms with Crippen LogP contribution in [0.15, 0.2) is 24.5 Å². The highest BCUT2D eigenvalue weighted by Gasteiger charge is 2.22. The Morgan fingerprint density at radius 3 is 2.85 bits per heavy atom. The van der Waals surface area contributed by atoms with Crippen LogP contribution in [0.2, 0.25) is 0 Å². The monoisotopic (exact) mass is 277 g/mol. The quantitative estimate of drug-likeness (QED) is 0.504. The summed E-state index contributed by atoms with van der Waals surface area (Å²) in [6.45, 7) is 0. The number of hydrogen-bond donors (Lipinski definition) is 1. The van der Waals surface area contributed by atoms with Gasteiger partial charge in [-0.1, -0.05) is 6.07 Å². The first-order valence-corrected chi connectivity index (χ1v) is 5.54. The number of carbonyl (C=O) groups excluding carboxylic acids is 1. The first-order valence-electron chi connectivity index (χ1n) is 5.54. The van der Waals surface area contributed by atoms with Gasteiger partial charge in [-0.05, 0) is 12.1 Å². The second-order valence-electron chi connectivity index (χ2n) is 3.68. The number of nitrogens with zero attached hydrogens (tertiary/aromatic N) is 4. The molecule has 9 nitrogen and oxygen atoms in total. The summed E-state index contributed by atoms with van der Waals surface area (Å²) >= 11 is 0. The minimum atomic E-state index is -0.712. The zero-order valence-electron chi connectivity index (χ0n) is 10.7. The highest BCUT2D eigenvalue weighted by atomic mass is 16.6. The number of hydrogen-bond acceptors (Lipinski definition) is 7. The molecule has 9 heteroatoms. The average Bonchev–Trinajstić information content (AvgIpc) is 2.95. The molecular formula is C11H11N5O4. The van der Waals surface area contributed by atoms with Crippen molar-refractivity contribution in [3.8, 4) is 5.69 Å². The maximum absolute atomic E-state index is 11.3. The van der Waals surface area contributed by atoms with Gasteiger partial charge in [0.2, 0.25) is 0 Å². The molecule has 0 spiro atoms. The minimum Gasteiger partial charge on any atom is -0.463 e. The Balaban J connectivity index is 2.55. The van der Waals surface area contributed by atoms with E-state index in [4.69, 9.17) is 0 Å². The normalized spacial score (nSPS) is 10.1. The summed E-state index contributed by atoms with van der Waals surface area (Å²) in [5.74, 6) is -0.882.